The average molecular weight is 372 g/mol. The van der Waals surface area contributed by atoms with Gasteiger partial charge >= 0.3 is 0 Å². The number of furan rings is 1. The molecular formula is C21H16N4O3. The quantitative estimate of drug-likeness (QED) is 0.564. The lowest BCUT2D eigenvalue weighted by atomic mass is 10.1. The van der Waals surface area contributed by atoms with Crippen molar-refractivity contribution in [1.29, 1.82) is 0 Å². The van der Waals surface area contributed by atoms with E-state index in [0.29, 0.717) is 29.2 Å². The highest BCUT2D eigenvalue weighted by molar-refractivity contribution is 6.02. The van der Waals surface area contributed by atoms with Gasteiger partial charge in [-0.15, -0.1) is 0 Å². The summed E-state index contributed by atoms with van der Waals surface area (Å²) in [6.07, 6.45) is 7.81. The fourth-order valence-corrected chi connectivity index (χ4v) is 3.46. The number of aromatic nitrogens is 3. The van der Waals surface area contributed by atoms with E-state index < -0.39 is 0 Å². The van der Waals surface area contributed by atoms with E-state index in [1.54, 1.807) is 24.8 Å². The molecule has 0 radical (unpaired) electrons. The van der Waals surface area contributed by atoms with Gasteiger partial charge in [-0.3, -0.25) is 9.78 Å². The highest BCUT2D eigenvalue weighted by Gasteiger charge is 2.21. The SMILES string of the molecule is O=C1CCc2cc(Nc3c(-c4ncc(CO)cn4)oc4cnccc34)ccc21. The number of nitrogens with zero attached hydrogens (tertiary/aromatic N) is 3. The van der Waals surface area contributed by atoms with E-state index in [1.165, 1.54) is 0 Å². The molecule has 0 spiro atoms. The number of aryl methyl sites for hydroxylation is 1. The van der Waals surface area contributed by atoms with E-state index in [4.69, 9.17) is 4.42 Å². The molecule has 138 valence electrons. The van der Waals surface area contributed by atoms with Gasteiger partial charge in [0.2, 0.25) is 0 Å². The molecular weight excluding hydrogens is 356 g/mol. The maximum Gasteiger partial charge on any atom is 0.197 e. The van der Waals surface area contributed by atoms with Crippen molar-refractivity contribution in [2.75, 3.05) is 5.32 Å². The Balaban J connectivity index is 1.60. The molecule has 1 aliphatic carbocycles. The number of ketones is 1. The Bertz CT molecular complexity index is 1200. The molecule has 5 rings (SSSR count). The number of hydrogen-bond acceptors (Lipinski definition) is 7. The lowest BCUT2D eigenvalue weighted by Crippen LogP contribution is -1.97. The van der Waals surface area contributed by atoms with Crippen molar-refractivity contribution in [2.24, 2.45) is 0 Å². The smallest absolute Gasteiger partial charge is 0.197 e. The lowest BCUT2D eigenvalue weighted by molar-refractivity contribution is 0.0994. The van der Waals surface area contributed by atoms with Gasteiger partial charge in [0.25, 0.3) is 0 Å². The molecule has 0 aliphatic heterocycles. The summed E-state index contributed by atoms with van der Waals surface area (Å²) < 4.78 is 5.97. The number of Topliss-reactive ketones (excluding diaryl/α,β-unsaturated/α-hetero) is 1. The molecule has 28 heavy (non-hydrogen) atoms. The fraction of sp³-hybridized carbons (Fsp3) is 0.143. The van der Waals surface area contributed by atoms with Gasteiger partial charge in [0, 0.05) is 47.2 Å². The van der Waals surface area contributed by atoms with Crippen LogP contribution in [0.3, 0.4) is 0 Å². The molecule has 0 fully saturated rings. The summed E-state index contributed by atoms with van der Waals surface area (Å²) >= 11 is 0. The van der Waals surface area contributed by atoms with Crippen LogP contribution in [0, 0.1) is 0 Å². The minimum Gasteiger partial charge on any atom is -0.449 e. The van der Waals surface area contributed by atoms with Gasteiger partial charge in [-0.2, -0.15) is 0 Å². The molecule has 0 unspecified atom stereocenters. The van der Waals surface area contributed by atoms with Gasteiger partial charge in [-0.05, 0) is 36.2 Å². The van der Waals surface area contributed by atoms with Crippen molar-refractivity contribution in [3.8, 4) is 11.6 Å². The molecule has 2 N–H and O–H groups in total. The van der Waals surface area contributed by atoms with Gasteiger partial charge in [-0.25, -0.2) is 9.97 Å². The number of aliphatic hydroxyl groups is 1. The first kappa shape index (κ1) is 16.6. The second-order valence-electron chi connectivity index (χ2n) is 6.67. The number of fused-ring (bicyclic) bond motifs is 2. The highest BCUT2D eigenvalue weighted by Crippen LogP contribution is 2.38. The molecule has 0 saturated heterocycles. The summed E-state index contributed by atoms with van der Waals surface area (Å²) in [6, 6.07) is 7.62. The van der Waals surface area contributed by atoms with E-state index in [9.17, 15) is 9.90 Å². The number of anilines is 2. The molecule has 0 saturated carbocycles. The number of rotatable bonds is 4. The maximum atomic E-state index is 11.9. The number of carbonyl (C=O) groups excluding carboxylic acids is 1. The number of pyridine rings is 1. The van der Waals surface area contributed by atoms with Crippen molar-refractivity contribution in [3.63, 3.8) is 0 Å². The van der Waals surface area contributed by atoms with Crippen LogP contribution in [0.5, 0.6) is 0 Å². The molecule has 4 aromatic rings. The molecule has 0 bridgehead atoms. The summed E-state index contributed by atoms with van der Waals surface area (Å²) in [7, 11) is 0. The van der Waals surface area contributed by atoms with Crippen LogP contribution in [0.1, 0.15) is 27.9 Å². The normalized spacial score (nSPS) is 13.1. The molecule has 3 heterocycles. The first-order valence-corrected chi connectivity index (χ1v) is 8.95. The van der Waals surface area contributed by atoms with Gasteiger partial charge in [0.1, 0.15) is 0 Å². The summed E-state index contributed by atoms with van der Waals surface area (Å²) in [4.78, 5) is 24.6. The molecule has 0 amide bonds. The van der Waals surface area contributed by atoms with Gasteiger partial charge in [0.05, 0.1) is 18.5 Å². The Morgan fingerprint density at radius 1 is 1.11 bits per heavy atom. The third-order valence-corrected chi connectivity index (χ3v) is 4.88. The van der Waals surface area contributed by atoms with Crippen LogP contribution in [-0.2, 0) is 13.0 Å². The van der Waals surface area contributed by atoms with Gasteiger partial charge < -0.3 is 14.8 Å². The average Bonchev–Trinajstić information content (AvgIpc) is 3.29. The second-order valence-corrected chi connectivity index (χ2v) is 6.67. The van der Waals surface area contributed by atoms with E-state index in [1.807, 2.05) is 24.3 Å². The van der Waals surface area contributed by atoms with Crippen molar-refractivity contribution >= 4 is 28.1 Å². The monoisotopic (exact) mass is 372 g/mol. The summed E-state index contributed by atoms with van der Waals surface area (Å²) in [5.74, 6) is 1.09. The zero-order valence-corrected chi connectivity index (χ0v) is 14.8. The van der Waals surface area contributed by atoms with Crippen LogP contribution >= 0.6 is 0 Å². The first-order chi connectivity index (χ1) is 13.7. The molecule has 1 aliphatic rings. The summed E-state index contributed by atoms with van der Waals surface area (Å²) in [6.45, 7) is -0.122. The fourth-order valence-electron chi connectivity index (χ4n) is 3.46. The standard InChI is InChI=1S/C21H16N4O3/c26-11-12-8-23-21(24-9-12)20-19(16-5-6-22-10-18(16)28-20)25-14-2-3-15-13(7-14)1-4-17(15)27/h2-3,5-10,25-26H,1,4,11H2. The third kappa shape index (κ3) is 2.73. The number of hydrogen-bond donors (Lipinski definition) is 2. The van der Waals surface area contributed by atoms with Crippen LogP contribution in [0.4, 0.5) is 11.4 Å². The van der Waals surface area contributed by atoms with Crippen LogP contribution in [-0.4, -0.2) is 25.8 Å². The highest BCUT2D eigenvalue weighted by atomic mass is 16.3. The van der Waals surface area contributed by atoms with E-state index in [2.05, 4.69) is 20.3 Å². The first-order valence-electron chi connectivity index (χ1n) is 8.95. The topological polar surface area (TPSA) is 101 Å². The molecule has 0 atom stereocenters. The Morgan fingerprint density at radius 3 is 2.79 bits per heavy atom. The van der Waals surface area contributed by atoms with Crippen LogP contribution in [0.2, 0.25) is 0 Å². The minimum atomic E-state index is -0.122. The van der Waals surface area contributed by atoms with Crippen molar-refractivity contribution in [1.82, 2.24) is 15.0 Å². The van der Waals surface area contributed by atoms with Crippen LogP contribution in [0.15, 0.2) is 53.5 Å². The summed E-state index contributed by atoms with van der Waals surface area (Å²) in [5.41, 5.74) is 4.69. The zero-order chi connectivity index (χ0) is 19.1. The van der Waals surface area contributed by atoms with Crippen LogP contribution in [0.25, 0.3) is 22.6 Å². The maximum absolute atomic E-state index is 11.9. The van der Waals surface area contributed by atoms with E-state index in [-0.39, 0.29) is 12.4 Å². The number of benzene rings is 1. The number of aliphatic hydroxyl groups excluding tert-OH is 1. The number of nitrogens with one attached hydrogen (secondary N) is 1. The minimum absolute atomic E-state index is 0.122. The van der Waals surface area contributed by atoms with E-state index in [0.717, 1.165) is 34.3 Å². The van der Waals surface area contributed by atoms with Crippen LogP contribution < -0.4 is 5.32 Å². The molecule has 3 aromatic heterocycles. The second kappa shape index (κ2) is 6.54. The largest absolute Gasteiger partial charge is 0.449 e. The summed E-state index contributed by atoms with van der Waals surface area (Å²) in [5, 5.41) is 13.5. The van der Waals surface area contributed by atoms with E-state index >= 15 is 0 Å². The van der Waals surface area contributed by atoms with Crippen molar-refractivity contribution in [2.45, 2.75) is 19.4 Å². The Morgan fingerprint density at radius 2 is 1.96 bits per heavy atom. The van der Waals surface area contributed by atoms with Gasteiger partial charge in [-0.1, -0.05) is 0 Å². The zero-order valence-electron chi connectivity index (χ0n) is 14.8. The Kier molecular flexibility index (Phi) is 3.87. The lowest BCUT2D eigenvalue weighted by Gasteiger charge is -2.09. The van der Waals surface area contributed by atoms with Crippen molar-refractivity contribution < 1.29 is 14.3 Å². The van der Waals surface area contributed by atoms with Gasteiger partial charge in [0.15, 0.2) is 23.0 Å². The third-order valence-electron chi connectivity index (χ3n) is 4.88. The Hall–Kier alpha value is -3.58. The molecule has 7 nitrogen and oxygen atoms in total. The van der Waals surface area contributed by atoms with Crippen molar-refractivity contribution in [3.05, 3.63) is 65.7 Å². The Labute approximate surface area is 160 Å². The molecule has 7 heteroatoms. The number of carbonyl (C=O) groups is 1. The molecule has 1 aromatic carbocycles. The predicted octanol–water partition coefficient (Wildman–Crippen LogP) is 3.65. The predicted molar refractivity (Wildman–Crippen MR) is 103 cm³/mol.